The van der Waals surface area contributed by atoms with Crippen molar-refractivity contribution in [2.24, 2.45) is 0 Å². The van der Waals surface area contributed by atoms with E-state index in [2.05, 4.69) is 123 Å². The van der Waals surface area contributed by atoms with Crippen LogP contribution < -0.4 is 9.47 Å². The largest absolute Gasteiger partial charge is 0.449 e. The van der Waals surface area contributed by atoms with Crippen molar-refractivity contribution in [1.29, 1.82) is 0 Å². The first-order valence-electron chi connectivity index (χ1n) is 18.1. The van der Waals surface area contributed by atoms with Crippen LogP contribution in [-0.2, 0) is 5.41 Å². The molecule has 0 spiro atoms. The smallest absolute Gasteiger partial charge is 0.177 e. The number of thiophene rings is 1. The fourth-order valence-corrected chi connectivity index (χ4v) is 9.18. The molecular weight excluding hydrogens is 683 g/mol. The molecule has 5 nitrogen and oxygen atoms in total. The van der Waals surface area contributed by atoms with Gasteiger partial charge in [-0.25, -0.2) is 15.0 Å². The van der Waals surface area contributed by atoms with Crippen molar-refractivity contribution in [3.05, 3.63) is 163 Å². The minimum absolute atomic E-state index is 0.138. The Morgan fingerprint density at radius 2 is 1.06 bits per heavy atom. The van der Waals surface area contributed by atoms with Gasteiger partial charge in [0, 0.05) is 47.8 Å². The molecule has 0 atom stereocenters. The number of rotatable bonds is 4. The molecule has 0 fully saturated rings. The van der Waals surface area contributed by atoms with E-state index < -0.39 is 0 Å². The van der Waals surface area contributed by atoms with E-state index in [1.54, 1.807) is 11.3 Å². The van der Waals surface area contributed by atoms with Gasteiger partial charge in [0.25, 0.3) is 0 Å². The molecule has 0 amide bonds. The molecule has 0 N–H and O–H groups in total. The van der Waals surface area contributed by atoms with Gasteiger partial charge in [-0.3, -0.25) is 0 Å². The van der Waals surface area contributed by atoms with E-state index in [0.717, 1.165) is 39.3 Å². The highest BCUT2D eigenvalue weighted by molar-refractivity contribution is 7.25. The minimum atomic E-state index is -0.138. The first-order valence-corrected chi connectivity index (χ1v) is 18.9. The average Bonchev–Trinajstić information content (AvgIpc) is 3.70. The summed E-state index contributed by atoms with van der Waals surface area (Å²) in [5, 5.41) is 2.51. The zero-order chi connectivity index (χ0) is 36.0. The molecule has 0 bridgehead atoms. The average molecular weight is 714 g/mol. The van der Waals surface area contributed by atoms with Crippen molar-refractivity contribution in [1.82, 2.24) is 15.0 Å². The van der Waals surface area contributed by atoms with Crippen LogP contribution in [0.15, 0.2) is 152 Å². The monoisotopic (exact) mass is 713 g/mol. The lowest BCUT2D eigenvalue weighted by Crippen LogP contribution is -2.15. The second-order valence-electron chi connectivity index (χ2n) is 14.4. The maximum atomic E-state index is 6.72. The van der Waals surface area contributed by atoms with Gasteiger partial charge >= 0.3 is 0 Å². The second-order valence-corrected chi connectivity index (χ2v) is 15.5. The number of ether oxygens (including phenoxy) is 2. The number of hydrogen-bond acceptors (Lipinski definition) is 6. The van der Waals surface area contributed by atoms with Gasteiger partial charge in [-0.05, 0) is 58.1 Å². The van der Waals surface area contributed by atoms with E-state index >= 15 is 0 Å². The predicted octanol–water partition coefficient (Wildman–Crippen LogP) is 13.1. The molecule has 0 saturated carbocycles. The molecule has 0 unspecified atom stereocenters. The van der Waals surface area contributed by atoms with Gasteiger partial charge in [0.2, 0.25) is 0 Å². The summed E-state index contributed by atoms with van der Waals surface area (Å²) in [6.07, 6.45) is 0. The van der Waals surface area contributed by atoms with Crippen LogP contribution in [0.5, 0.6) is 23.0 Å². The third-order valence-electron chi connectivity index (χ3n) is 10.8. The van der Waals surface area contributed by atoms with Crippen molar-refractivity contribution in [2.75, 3.05) is 0 Å². The van der Waals surface area contributed by atoms with Crippen LogP contribution in [0.3, 0.4) is 0 Å². The number of fused-ring (bicyclic) bond motifs is 8. The number of nitrogens with zero attached hydrogens (tertiary/aromatic N) is 3. The third kappa shape index (κ3) is 4.80. The zero-order valence-corrected chi connectivity index (χ0v) is 30.3. The molecule has 9 aromatic rings. The van der Waals surface area contributed by atoms with E-state index in [-0.39, 0.29) is 5.41 Å². The van der Waals surface area contributed by atoms with Gasteiger partial charge < -0.3 is 9.47 Å². The lowest BCUT2D eigenvalue weighted by atomic mass is 9.82. The Bertz CT molecular complexity index is 2970. The summed E-state index contributed by atoms with van der Waals surface area (Å²) in [5.41, 5.74) is 9.62. The van der Waals surface area contributed by atoms with E-state index in [1.807, 2.05) is 42.5 Å². The van der Waals surface area contributed by atoms with Crippen molar-refractivity contribution < 1.29 is 9.47 Å². The Labute approximate surface area is 316 Å². The van der Waals surface area contributed by atoms with Gasteiger partial charge in [-0.2, -0.15) is 0 Å². The third-order valence-corrected chi connectivity index (χ3v) is 12.0. The number of para-hydroxylation sites is 1. The van der Waals surface area contributed by atoms with E-state index in [9.17, 15) is 0 Å². The molecule has 54 heavy (non-hydrogen) atoms. The molecule has 11 rings (SSSR count). The lowest BCUT2D eigenvalue weighted by molar-refractivity contribution is 0.360. The van der Waals surface area contributed by atoms with Gasteiger partial charge in [0.1, 0.15) is 0 Å². The van der Waals surface area contributed by atoms with Crippen molar-refractivity contribution in [2.45, 2.75) is 19.3 Å². The summed E-state index contributed by atoms with van der Waals surface area (Å²) in [6.45, 7) is 4.55. The predicted molar refractivity (Wildman–Crippen MR) is 219 cm³/mol. The second kappa shape index (κ2) is 11.7. The molecule has 1 aliphatic carbocycles. The minimum Gasteiger partial charge on any atom is -0.449 e. The summed E-state index contributed by atoms with van der Waals surface area (Å²) in [7, 11) is 0. The molecule has 6 heteroatoms. The summed E-state index contributed by atoms with van der Waals surface area (Å²) in [5.74, 6) is 4.74. The topological polar surface area (TPSA) is 57.1 Å². The molecule has 256 valence electrons. The molecule has 1 aliphatic heterocycles. The molecule has 2 aliphatic rings. The Hall–Kier alpha value is -6.63. The summed E-state index contributed by atoms with van der Waals surface area (Å²) < 4.78 is 15.7. The Balaban J connectivity index is 0.961. The normalized spacial score (nSPS) is 13.4. The van der Waals surface area contributed by atoms with E-state index in [4.69, 9.17) is 24.4 Å². The Morgan fingerprint density at radius 3 is 1.89 bits per heavy atom. The van der Waals surface area contributed by atoms with Gasteiger partial charge in [0.05, 0.1) is 0 Å². The first kappa shape index (κ1) is 30.9. The summed E-state index contributed by atoms with van der Waals surface area (Å²) >= 11 is 1.79. The zero-order valence-electron chi connectivity index (χ0n) is 29.5. The van der Waals surface area contributed by atoms with Gasteiger partial charge in [-0.1, -0.05) is 135 Å². The molecule has 0 saturated heterocycles. The molecule has 3 heterocycles. The van der Waals surface area contributed by atoms with Crippen LogP contribution in [0.2, 0.25) is 0 Å². The molecule has 0 radical (unpaired) electrons. The van der Waals surface area contributed by atoms with Gasteiger partial charge in [0.15, 0.2) is 40.5 Å². The molecule has 2 aromatic heterocycles. The van der Waals surface area contributed by atoms with Crippen LogP contribution in [0.25, 0.3) is 76.6 Å². The fourth-order valence-electron chi connectivity index (χ4n) is 8.04. The highest BCUT2D eigenvalue weighted by Crippen LogP contribution is 2.56. The summed E-state index contributed by atoms with van der Waals surface area (Å²) in [4.78, 5) is 15.0. The highest BCUT2D eigenvalue weighted by atomic mass is 32.1. The van der Waals surface area contributed by atoms with Crippen molar-refractivity contribution in [3.63, 3.8) is 0 Å². The van der Waals surface area contributed by atoms with Crippen molar-refractivity contribution in [3.8, 4) is 79.4 Å². The quantitative estimate of drug-likeness (QED) is 0.182. The molecule has 7 aromatic carbocycles. The molecular formula is C48H31N3O2S. The van der Waals surface area contributed by atoms with Crippen LogP contribution >= 0.6 is 11.3 Å². The lowest BCUT2D eigenvalue weighted by Gasteiger charge is -2.26. The van der Waals surface area contributed by atoms with Crippen LogP contribution in [0.1, 0.15) is 25.0 Å². The van der Waals surface area contributed by atoms with E-state index in [1.165, 1.54) is 42.4 Å². The fraction of sp³-hybridized carbons (Fsp3) is 0.0625. The standard InChI is InChI=1S/C48H31N3O2S/c1-48(2)37-16-8-6-13-33(37)36-26-40-41(27-38(36)48)53-44-32(15-10-17-39(44)52-40)28-19-21-30(22-20-28)46-49-45(29-11-4-3-5-12-29)50-47(51-46)31-23-24-35-34-14-7-9-18-42(34)54-43(35)25-31/h3-27H,1-2H3. The van der Waals surface area contributed by atoms with Gasteiger partial charge in [-0.15, -0.1) is 11.3 Å². The van der Waals surface area contributed by atoms with E-state index in [0.29, 0.717) is 29.0 Å². The Morgan fingerprint density at radius 1 is 0.426 bits per heavy atom. The number of aromatic nitrogens is 3. The Kier molecular flexibility index (Phi) is 6.70. The van der Waals surface area contributed by atoms with Crippen LogP contribution in [0.4, 0.5) is 0 Å². The number of hydrogen-bond donors (Lipinski definition) is 0. The van der Waals surface area contributed by atoms with Crippen molar-refractivity contribution >= 4 is 31.5 Å². The summed E-state index contributed by atoms with van der Waals surface area (Å²) in [6, 6.07) is 52.4. The maximum absolute atomic E-state index is 6.72. The van der Waals surface area contributed by atoms with Crippen LogP contribution in [0, 0.1) is 0 Å². The van der Waals surface area contributed by atoms with Crippen LogP contribution in [-0.4, -0.2) is 15.0 Å². The number of benzene rings is 7. The maximum Gasteiger partial charge on any atom is 0.177 e. The SMILES string of the molecule is CC1(C)c2ccccc2-c2cc3c(cc21)Oc1c(cccc1-c1ccc(-c2nc(-c4ccccc4)nc(-c4ccc5c(c4)sc4ccccc45)n2)cc1)O3. The highest BCUT2D eigenvalue weighted by Gasteiger charge is 2.37. The first-order chi connectivity index (χ1) is 26.5.